The van der Waals surface area contributed by atoms with Crippen LogP contribution in [-0.4, -0.2) is 45.0 Å². The molecule has 0 aliphatic carbocycles. The van der Waals surface area contributed by atoms with E-state index >= 15 is 0 Å². The lowest BCUT2D eigenvalue weighted by atomic mass is 9.97. The summed E-state index contributed by atoms with van der Waals surface area (Å²) in [5, 5.41) is 3.49. The first-order valence-corrected chi connectivity index (χ1v) is 14.1. The van der Waals surface area contributed by atoms with Gasteiger partial charge >= 0.3 is 0 Å². The second-order valence-electron chi connectivity index (χ2n) is 9.58. The Kier molecular flexibility index (Phi) is 9.03. The third-order valence-electron chi connectivity index (χ3n) is 6.73. The molecule has 9 heteroatoms. The number of carbonyl (C=O) groups is 2. The molecule has 1 aliphatic rings. The van der Waals surface area contributed by atoms with Crippen molar-refractivity contribution in [2.24, 2.45) is 5.92 Å². The van der Waals surface area contributed by atoms with E-state index in [2.05, 4.69) is 27.4 Å². The zero-order valence-corrected chi connectivity index (χ0v) is 22.6. The molecule has 2 atom stereocenters. The van der Waals surface area contributed by atoms with Gasteiger partial charge < -0.3 is 15.0 Å². The Hall–Kier alpha value is -4.24. The van der Waals surface area contributed by atoms with Crippen LogP contribution in [0.5, 0.6) is 11.5 Å². The number of rotatable bonds is 10. The second kappa shape index (κ2) is 13.2. The van der Waals surface area contributed by atoms with Crippen molar-refractivity contribution in [2.45, 2.75) is 30.5 Å². The van der Waals surface area contributed by atoms with E-state index in [0.717, 1.165) is 12.8 Å². The van der Waals surface area contributed by atoms with E-state index < -0.39 is 6.04 Å². The third kappa shape index (κ3) is 7.45. The van der Waals surface area contributed by atoms with Crippen molar-refractivity contribution in [1.82, 2.24) is 14.9 Å². The van der Waals surface area contributed by atoms with Crippen LogP contribution in [0.2, 0.25) is 0 Å². The minimum absolute atomic E-state index is 0.108. The molecule has 0 spiro atoms. The Balaban J connectivity index is 1.23. The van der Waals surface area contributed by atoms with Crippen molar-refractivity contribution in [3.8, 4) is 11.5 Å². The zero-order chi connectivity index (χ0) is 27.7. The van der Waals surface area contributed by atoms with Gasteiger partial charge in [-0.3, -0.25) is 9.59 Å². The summed E-state index contributed by atoms with van der Waals surface area (Å²) in [7, 11) is 0. The highest BCUT2D eigenvalue weighted by Crippen LogP contribution is 2.30. The van der Waals surface area contributed by atoms with Crippen LogP contribution in [0.3, 0.4) is 0 Å². The van der Waals surface area contributed by atoms with Gasteiger partial charge in [0.2, 0.25) is 11.8 Å². The van der Waals surface area contributed by atoms with Crippen LogP contribution in [0.25, 0.3) is 0 Å². The highest BCUT2D eigenvalue weighted by atomic mass is 32.2. The lowest BCUT2D eigenvalue weighted by molar-refractivity contribution is -0.134. The molecule has 2 heterocycles. The number of anilines is 1. The molecule has 3 aromatic carbocycles. The van der Waals surface area contributed by atoms with E-state index in [1.54, 1.807) is 59.8 Å². The number of nitrogens with one attached hydrogen (secondary N) is 1. The fraction of sp³-hybridized carbons (Fsp3) is 0.226. The molecule has 5 rings (SSSR count). The number of carbonyl (C=O) groups excluding carboxylic acids is 2. The molecule has 0 saturated carbocycles. The van der Waals surface area contributed by atoms with Crippen LogP contribution in [0.4, 0.5) is 10.1 Å². The van der Waals surface area contributed by atoms with Gasteiger partial charge in [-0.05, 0) is 85.3 Å². The van der Waals surface area contributed by atoms with Crippen LogP contribution in [0.15, 0.2) is 102 Å². The average Bonchev–Trinajstić information content (AvgIpc) is 3.43. The molecule has 1 fully saturated rings. The summed E-state index contributed by atoms with van der Waals surface area (Å²) in [6.45, 7) is 0.532. The predicted octanol–water partition coefficient (Wildman–Crippen LogP) is 5.99. The minimum atomic E-state index is -0.569. The Morgan fingerprint density at radius 2 is 1.60 bits per heavy atom. The molecular weight excluding hydrogens is 527 g/mol. The van der Waals surface area contributed by atoms with Gasteiger partial charge in [-0.2, -0.15) is 0 Å². The minimum Gasteiger partial charge on any atom is -0.457 e. The van der Waals surface area contributed by atoms with Crippen molar-refractivity contribution in [2.75, 3.05) is 17.6 Å². The van der Waals surface area contributed by atoms with Gasteiger partial charge in [0, 0.05) is 24.6 Å². The smallest absolute Gasteiger partial charge is 0.247 e. The summed E-state index contributed by atoms with van der Waals surface area (Å²) in [6.07, 6.45) is 5.66. The van der Waals surface area contributed by atoms with Gasteiger partial charge in [0.1, 0.15) is 23.4 Å². The molecule has 1 aromatic heterocycles. The number of benzene rings is 3. The number of aryl methyl sites for hydroxylation is 1. The number of thioether (sulfide) groups is 1. The molecule has 1 aliphatic heterocycles. The van der Waals surface area contributed by atoms with E-state index in [1.165, 1.54) is 29.5 Å². The Morgan fingerprint density at radius 1 is 0.925 bits per heavy atom. The monoisotopic (exact) mass is 556 g/mol. The van der Waals surface area contributed by atoms with Crippen LogP contribution in [0.1, 0.15) is 18.4 Å². The van der Waals surface area contributed by atoms with Crippen LogP contribution in [0, 0.1) is 11.7 Å². The number of aromatic nitrogens is 2. The zero-order valence-electron chi connectivity index (χ0n) is 21.8. The fourth-order valence-electron chi connectivity index (χ4n) is 4.71. The highest BCUT2D eigenvalue weighted by molar-refractivity contribution is 7.99. The van der Waals surface area contributed by atoms with Gasteiger partial charge in [0.25, 0.3) is 0 Å². The standard InChI is InChI=1S/C31H29FN4O3S/c32-24-9-13-26(14-10-24)39-27-15-11-25(12-16-27)35-30(38)28-19-23(8-7-22-5-2-1-3-6-22)20-36(28)29(37)21-40-31-33-17-4-18-34-31/h1-6,9-18,23,28H,7-8,19-21H2,(H,35,38). The van der Waals surface area contributed by atoms with E-state index in [9.17, 15) is 14.0 Å². The number of hydrogen-bond acceptors (Lipinski definition) is 6. The first-order chi connectivity index (χ1) is 19.5. The van der Waals surface area contributed by atoms with Crippen molar-refractivity contribution < 1.29 is 18.7 Å². The Morgan fingerprint density at radius 3 is 2.30 bits per heavy atom. The third-order valence-corrected chi connectivity index (χ3v) is 7.59. The molecule has 0 bridgehead atoms. The Labute approximate surface area is 236 Å². The molecule has 204 valence electrons. The van der Waals surface area contributed by atoms with Gasteiger partial charge in [0.15, 0.2) is 5.16 Å². The van der Waals surface area contributed by atoms with E-state index in [0.29, 0.717) is 35.3 Å². The number of likely N-dealkylation sites (tertiary alicyclic amines) is 1. The van der Waals surface area contributed by atoms with E-state index in [1.807, 2.05) is 18.2 Å². The fourth-order valence-corrected chi connectivity index (χ4v) is 5.40. The molecule has 4 aromatic rings. The predicted molar refractivity (Wildman–Crippen MR) is 153 cm³/mol. The molecule has 1 saturated heterocycles. The number of amides is 2. The largest absolute Gasteiger partial charge is 0.457 e. The van der Waals surface area contributed by atoms with Crippen LogP contribution >= 0.6 is 11.8 Å². The Bertz CT molecular complexity index is 1410. The molecule has 1 N–H and O–H groups in total. The quantitative estimate of drug-likeness (QED) is 0.191. The average molecular weight is 557 g/mol. The highest BCUT2D eigenvalue weighted by Gasteiger charge is 2.39. The first-order valence-electron chi connectivity index (χ1n) is 13.1. The maximum atomic E-state index is 13.4. The van der Waals surface area contributed by atoms with Crippen molar-refractivity contribution in [3.63, 3.8) is 0 Å². The first kappa shape index (κ1) is 27.3. The normalized spacial score (nSPS) is 16.5. The van der Waals surface area contributed by atoms with Gasteiger partial charge in [-0.25, -0.2) is 14.4 Å². The molecule has 2 unspecified atom stereocenters. The number of halogens is 1. The maximum absolute atomic E-state index is 13.4. The molecule has 40 heavy (non-hydrogen) atoms. The van der Waals surface area contributed by atoms with Crippen LogP contribution in [-0.2, 0) is 16.0 Å². The van der Waals surface area contributed by atoms with Crippen molar-refractivity contribution >= 4 is 29.3 Å². The van der Waals surface area contributed by atoms with E-state index in [-0.39, 0.29) is 29.3 Å². The number of ether oxygens (including phenoxy) is 1. The topological polar surface area (TPSA) is 84.4 Å². The van der Waals surface area contributed by atoms with Gasteiger partial charge in [-0.15, -0.1) is 0 Å². The van der Waals surface area contributed by atoms with Crippen molar-refractivity contribution in [3.05, 3.63) is 109 Å². The summed E-state index contributed by atoms with van der Waals surface area (Å²) in [5.41, 5.74) is 1.84. The summed E-state index contributed by atoms with van der Waals surface area (Å²) < 4.78 is 18.9. The summed E-state index contributed by atoms with van der Waals surface area (Å²) in [6, 6.07) is 24.1. The van der Waals surface area contributed by atoms with Crippen LogP contribution < -0.4 is 10.1 Å². The lowest BCUT2D eigenvalue weighted by Crippen LogP contribution is -2.44. The molecule has 0 radical (unpaired) electrons. The summed E-state index contributed by atoms with van der Waals surface area (Å²) in [5.74, 6) is 0.784. The van der Waals surface area contributed by atoms with Gasteiger partial charge in [-0.1, -0.05) is 42.1 Å². The summed E-state index contributed by atoms with van der Waals surface area (Å²) in [4.78, 5) is 36.8. The second-order valence-corrected chi connectivity index (χ2v) is 10.5. The maximum Gasteiger partial charge on any atom is 0.247 e. The molecular formula is C31H29FN4O3S. The molecule has 7 nitrogen and oxygen atoms in total. The van der Waals surface area contributed by atoms with Gasteiger partial charge in [0.05, 0.1) is 5.75 Å². The van der Waals surface area contributed by atoms with E-state index in [4.69, 9.17) is 4.74 Å². The lowest BCUT2D eigenvalue weighted by Gasteiger charge is -2.24. The number of nitrogens with zero attached hydrogens (tertiary/aromatic N) is 3. The molecule has 2 amide bonds. The number of hydrogen-bond donors (Lipinski definition) is 1. The van der Waals surface area contributed by atoms with Crippen molar-refractivity contribution in [1.29, 1.82) is 0 Å². The SMILES string of the molecule is O=C(Nc1ccc(Oc2ccc(F)cc2)cc1)C1CC(CCc2ccccc2)CN1C(=O)CSc1ncccn1. The summed E-state index contributed by atoms with van der Waals surface area (Å²) >= 11 is 1.27.